The predicted octanol–water partition coefficient (Wildman–Crippen LogP) is 2.73. The Labute approximate surface area is 201 Å². The Bertz CT molecular complexity index is 712. The van der Waals surface area contributed by atoms with Crippen LogP contribution >= 0.6 is 35.6 Å². The Morgan fingerprint density at radius 1 is 1.33 bits per heavy atom. The number of hydrogen-bond acceptors (Lipinski definition) is 4. The third-order valence-corrected chi connectivity index (χ3v) is 5.58. The van der Waals surface area contributed by atoms with Crippen LogP contribution in [-0.4, -0.2) is 75.8 Å². The van der Waals surface area contributed by atoms with E-state index in [-0.39, 0.29) is 48.6 Å². The van der Waals surface area contributed by atoms with Crippen molar-refractivity contribution in [1.29, 1.82) is 0 Å². The van der Waals surface area contributed by atoms with Crippen LogP contribution < -0.4 is 15.5 Å². The minimum Gasteiger partial charge on any atom is -0.376 e. The van der Waals surface area contributed by atoms with Gasteiger partial charge in [-0.25, -0.2) is 4.99 Å². The Morgan fingerprint density at radius 2 is 2.17 bits per heavy atom. The number of rotatable bonds is 6. The lowest BCUT2D eigenvalue weighted by atomic mass is 10.1. The quantitative estimate of drug-likeness (QED) is 0.325. The van der Waals surface area contributed by atoms with Crippen LogP contribution in [0, 0.1) is 0 Å². The second kappa shape index (κ2) is 12.6. The molecule has 1 amide bonds. The van der Waals surface area contributed by atoms with Crippen LogP contribution in [0.15, 0.2) is 29.3 Å². The smallest absolute Gasteiger partial charge is 0.243 e. The summed E-state index contributed by atoms with van der Waals surface area (Å²) in [7, 11) is 3.49. The molecule has 30 heavy (non-hydrogen) atoms. The molecule has 1 aromatic carbocycles. The van der Waals surface area contributed by atoms with Gasteiger partial charge in [0.2, 0.25) is 5.91 Å². The van der Waals surface area contributed by atoms with Gasteiger partial charge in [-0.2, -0.15) is 0 Å². The van der Waals surface area contributed by atoms with Gasteiger partial charge in [-0.1, -0.05) is 17.7 Å². The lowest BCUT2D eigenvalue weighted by Gasteiger charge is -2.25. The first-order chi connectivity index (χ1) is 14.0. The molecule has 7 nitrogen and oxygen atoms in total. The molecule has 0 spiro atoms. The van der Waals surface area contributed by atoms with E-state index < -0.39 is 0 Å². The van der Waals surface area contributed by atoms with Gasteiger partial charge in [-0.15, -0.1) is 24.0 Å². The highest BCUT2D eigenvalue weighted by Gasteiger charge is 2.24. The zero-order valence-electron chi connectivity index (χ0n) is 17.8. The maximum Gasteiger partial charge on any atom is 0.243 e. The van der Waals surface area contributed by atoms with Crippen LogP contribution in [0.4, 0.5) is 5.69 Å². The molecule has 1 aromatic rings. The highest BCUT2D eigenvalue weighted by atomic mass is 127. The average Bonchev–Trinajstić information content (AvgIpc) is 3.19. The van der Waals surface area contributed by atoms with Crippen molar-refractivity contribution in [1.82, 2.24) is 15.5 Å². The van der Waals surface area contributed by atoms with Gasteiger partial charge in [0.25, 0.3) is 0 Å². The van der Waals surface area contributed by atoms with Gasteiger partial charge < -0.3 is 25.2 Å². The molecule has 0 bridgehead atoms. The SMILES string of the molecule is CN(C)C(=O)CN=C(NCC1CCCCO1)NC1CCN(c2cccc(Cl)c2)C1.I. The van der Waals surface area contributed by atoms with Crippen molar-refractivity contribution in [3.8, 4) is 0 Å². The second-order valence-corrected chi connectivity index (χ2v) is 8.31. The number of aliphatic imine (C=N–C) groups is 1. The summed E-state index contributed by atoms with van der Waals surface area (Å²) in [5, 5.41) is 7.63. The highest BCUT2D eigenvalue weighted by Crippen LogP contribution is 2.23. The van der Waals surface area contributed by atoms with Gasteiger partial charge in [0.1, 0.15) is 6.54 Å². The molecule has 2 aliphatic rings. The molecule has 0 radical (unpaired) electrons. The van der Waals surface area contributed by atoms with E-state index >= 15 is 0 Å². The van der Waals surface area contributed by atoms with E-state index in [2.05, 4.69) is 26.6 Å². The molecule has 2 heterocycles. The highest BCUT2D eigenvalue weighted by molar-refractivity contribution is 14.0. The first-order valence-electron chi connectivity index (χ1n) is 10.4. The molecule has 168 valence electrons. The van der Waals surface area contributed by atoms with Crippen molar-refractivity contribution in [2.45, 2.75) is 37.8 Å². The molecule has 2 N–H and O–H groups in total. The number of likely N-dealkylation sites (N-methyl/N-ethyl adjacent to an activating group) is 1. The van der Waals surface area contributed by atoms with E-state index in [1.165, 1.54) is 6.42 Å². The maximum absolute atomic E-state index is 12.0. The van der Waals surface area contributed by atoms with Crippen LogP contribution in [0.1, 0.15) is 25.7 Å². The number of guanidine groups is 1. The van der Waals surface area contributed by atoms with Crippen LogP contribution in [0.2, 0.25) is 5.02 Å². The number of nitrogens with one attached hydrogen (secondary N) is 2. The first kappa shape index (κ1) is 25.0. The molecular formula is C21H33ClIN5O2. The maximum atomic E-state index is 12.0. The fraction of sp³-hybridized carbons (Fsp3) is 0.619. The summed E-state index contributed by atoms with van der Waals surface area (Å²) in [6.07, 6.45) is 4.58. The van der Waals surface area contributed by atoms with Crippen molar-refractivity contribution >= 4 is 53.1 Å². The van der Waals surface area contributed by atoms with Crippen LogP contribution in [-0.2, 0) is 9.53 Å². The molecule has 2 saturated heterocycles. The third kappa shape index (κ3) is 7.77. The first-order valence-corrected chi connectivity index (χ1v) is 10.8. The molecule has 0 saturated carbocycles. The molecule has 0 aromatic heterocycles. The van der Waals surface area contributed by atoms with Crippen molar-refractivity contribution < 1.29 is 9.53 Å². The zero-order chi connectivity index (χ0) is 20.6. The number of benzene rings is 1. The van der Waals surface area contributed by atoms with Crippen molar-refractivity contribution in [3.05, 3.63) is 29.3 Å². The molecule has 2 aliphatic heterocycles. The normalized spacial score (nSPS) is 21.7. The second-order valence-electron chi connectivity index (χ2n) is 7.88. The summed E-state index contributed by atoms with van der Waals surface area (Å²) in [6.45, 7) is 3.46. The summed E-state index contributed by atoms with van der Waals surface area (Å²) in [4.78, 5) is 20.4. The number of carbonyl (C=O) groups is 1. The lowest BCUT2D eigenvalue weighted by Crippen LogP contribution is -2.47. The van der Waals surface area contributed by atoms with E-state index in [0.717, 1.165) is 49.7 Å². The molecular weight excluding hydrogens is 517 g/mol. The minimum absolute atomic E-state index is 0. The number of nitrogens with zero attached hydrogens (tertiary/aromatic N) is 3. The van der Waals surface area contributed by atoms with E-state index in [9.17, 15) is 4.79 Å². The standard InChI is InChI=1S/C21H32ClN5O2.HI/c1-26(2)20(28)14-24-21(23-13-19-8-3-4-11-29-19)25-17-9-10-27(15-17)18-7-5-6-16(22)12-18;/h5-7,12,17,19H,3-4,8-11,13-15H2,1-2H3,(H2,23,24,25);1H. The van der Waals surface area contributed by atoms with Gasteiger partial charge in [0.15, 0.2) is 5.96 Å². The predicted molar refractivity (Wildman–Crippen MR) is 133 cm³/mol. The van der Waals surface area contributed by atoms with Crippen molar-refractivity contribution in [2.24, 2.45) is 4.99 Å². The number of anilines is 1. The fourth-order valence-electron chi connectivity index (χ4n) is 3.60. The Hall–Kier alpha value is -1.26. The fourth-order valence-corrected chi connectivity index (χ4v) is 3.78. The van der Waals surface area contributed by atoms with E-state index in [4.69, 9.17) is 16.3 Å². The summed E-state index contributed by atoms with van der Waals surface area (Å²) in [5.74, 6) is 0.652. The minimum atomic E-state index is -0.0213. The van der Waals surface area contributed by atoms with E-state index in [1.54, 1.807) is 19.0 Å². The number of amides is 1. The van der Waals surface area contributed by atoms with Gasteiger partial charge in [-0.05, 0) is 43.9 Å². The van der Waals surface area contributed by atoms with Crippen molar-refractivity contribution in [2.75, 3.05) is 51.8 Å². The van der Waals surface area contributed by atoms with Gasteiger partial charge in [0.05, 0.1) is 6.10 Å². The lowest BCUT2D eigenvalue weighted by molar-refractivity contribution is -0.127. The molecule has 0 aliphatic carbocycles. The van der Waals surface area contributed by atoms with E-state index in [1.807, 2.05) is 18.2 Å². The molecule has 2 atom stereocenters. The number of halogens is 2. The number of carbonyl (C=O) groups excluding carboxylic acids is 1. The molecule has 2 unspecified atom stereocenters. The summed E-state index contributed by atoms with van der Waals surface area (Å²) in [6, 6.07) is 8.19. The Balaban J connectivity index is 0.00000320. The van der Waals surface area contributed by atoms with Gasteiger partial charge in [0, 0.05) is 57.1 Å². The molecule has 9 heteroatoms. The van der Waals surface area contributed by atoms with E-state index in [0.29, 0.717) is 12.5 Å². The van der Waals surface area contributed by atoms with Crippen molar-refractivity contribution in [3.63, 3.8) is 0 Å². The third-order valence-electron chi connectivity index (χ3n) is 5.34. The van der Waals surface area contributed by atoms with Gasteiger partial charge in [-0.3, -0.25) is 4.79 Å². The average molecular weight is 550 g/mol. The van der Waals surface area contributed by atoms with Crippen LogP contribution in [0.3, 0.4) is 0 Å². The topological polar surface area (TPSA) is 69.2 Å². The molecule has 2 fully saturated rings. The Kier molecular flexibility index (Phi) is 10.5. The summed E-state index contributed by atoms with van der Waals surface area (Å²) >= 11 is 6.14. The number of hydrogen-bond donors (Lipinski definition) is 2. The molecule has 3 rings (SSSR count). The monoisotopic (exact) mass is 549 g/mol. The largest absolute Gasteiger partial charge is 0.376 e. The summed E-state index contributed by atoms with van der Waals surface area (Å²) in [5.41, 5.74) is 1.13. The van der Waals surface area contributed by atoms with Gasteiger partial charge >= 0.3 is 0 Å². The number of ether oxygens (including phenoxy) is 1. The summed E-state index contributed by atoms with van der Waals surface area (Å²) < 4.78 is 5.81. The van der Waals surface area contributed by atoms with Crippen LogP contribution in [0.25, 0.3) is 0 Å². The van der Waals surface area contributed by atoms with Crippen LogP contribution in [0.5, 0.6) is 0 Å². The Morgan fingerprint density at radius 3 is 2.87 bits per heavy atom. The zero-order valence-corrected chi connectivity index (χ0v) is 20.9.